The van der Waals surface area contributed by atoms with Crippen molar-refractivity contribution in [2.24, 2.45) is 0 Å². The third-order valence-electron chi connectivity index (χ3n) is 4.01. The maximum atomic E-state index is 12.6. The molecular weight excluding hydrogens is 267 g/mol. The van der Waals surface area contributed by atoms with Crippen LogP contribution in [0.1, 0.15) is 42.9 Å². The summed E-state index contributed by atoms with van der Waals surface area (Å²) in [6.07, 6.45) is -0.670. The maximum absolute atomic E-state index is 12.6. The fourth-order valence-electron chi connectivity index (χ4n) is 2.79. The summed E-state index contributed by atoms with van der Waals surface area (Å²) in [5.74, 6) is 0. The van der Waals surface area contributed by atoms with Crippen LogP contribution in [0.2, 0.25) is 0 Å². The lowest BCUT2D eigenvalue weighted by atomic mass is 10.0. The SMILES string of the molecule is CN(CC(O)c1cccc(C(F)(F)F)c1)C1CCCC1. The van der Waals surface area contributed by atoms with E-state index < -0.39 is 17.8 Å². The molecule has 1 aliphatic rings. The molecule has 5 heteroatoms. The zero-order valence-electron chi connectivity index (χ0n) is 11.5. The topological polar surface area (TPSA) is 23.5 Å². The first-order valence-electron chi connectivity index (χ1n) is 6.93. The Labute approximate surface area is 117 Å². The normalized spacial score (nSPS) is 18.7. The van der Waals surface area contributed by atoms with Gasteiger partial charge < -0.3 is 10.0 Å². The molecule has 0 heterocycles. The second kappa shape index (κ2) is 6.14. The van der Waals surface area contributed by atoms with Crippen LogP contribution in [0, 0.1) is 0 Å². The summed E-state index contributed by atoms with van der Waals surface area (Å²) in [7, 11) is 1.92. The van der Waals surface area contributed by atoms with Gasteiger partial charge in [0.25, 0.3) is 0 Å². The Morgan fingerprint density at radius 3 is 2.55 bits per heavy atom. The lowest BCUT2D eigenvalue weighted by molar-refractivity contribution is -0.137. The van der Waals surface area contributed by atoms with Gasteiger partial charge in [-0.25, -0.2) is 0 Å². The van der Waals surface area contributed by atoms with Gasteiger partial charge >= 0.3 is 6.18 Å². The minimum atomic E-state index is -4.37. The van der Waals surface area contributed by atoms with Gasteiger partial charge in [-0.2, -0.15) is 13.2 Å². The predicted octanol–water partition coefficient (Wildman–Crippen LogP) is 3.61. The van der Waals surface area contributed by atoms with Crippen molar-refractivity contribution in [2.75, 3.05) is 13.6 Å². The summed E-state index contributed by atoms with van der Waals surface area (Å²) < 4.78 is 37.9. The Kier molecular flexibility index (Phi) is 4.70. The Balaban J connectivity index is 2.03. The molecule has 1 unspecified atom stereocenters. The monoisotopic (exact) mass is 287 g/mol. The van der Waals surface area contributed by atoms with Crippen molar-refractivity contribution in [2.45, 2.75) is 44.0 Å². The average Bonchev–Trinajstić information content (AvgIpc) is 2.91. The second-order valence-electron chi connectivity index (χ2n) is 5.52. The Morgan fingerprint density at radius 2 is 1.95 bits per heavy atom. The summed E-state index contributed by atoms with van der Waals surface area (Å²) in [4.78, 5) is 2.05. The van der Waals surface area contributed by atoms with Crippen LogP contribution in [0.5, 0.6) is 0 Å². The van der Waals surface area contributed by atoms with Gasteiger partial charge in [0.2, 0.25) is 0 Å². The highest BCUT2D eigenvalue weighted by Crippen LogP contribution is 2.31. The molecule has 0 saturated heterocycles. The van der Waals surface area contributed by atoms with Crippen LogP contribution in [0.4, 0.5) is 13.2 Å². The highest BCUT2D eigenvalue weighted by Gasteiger charge is 2.31. The molecule has 1 saturated carbocycles. The van der Waals surface area contributed by atoms with Gasteiger partial charge in [0.15, 0.2) is 0 Å². The standard InChI is InChI=1S/C15H20F3NO/c1-19(13-7-2-3-8-13)10-14(20)11-5-4-6-12(9-11)15(16,17)18/h4-6,9,13-14,20H,2-3,7-8,10H2,1H3. The first kappa shape index (κ1) is 15.3. The smallest absolute Gasteiger partial charge is 0.387 e. The number of likely N-dealkylation sites (N-methyl/N-ethyl adjacent to an activating group) is 1. The van der Waals surface area contributed by atoms with Crippen molar-refractivity contribution < 1.29 is 18.3 Å². The predicted molar refractivity (Wildman–Crippen MR) is 71.3 cm³/mol. The Hall–Kier alpha value is -1.07. The molecule has 20 heavy (non-hydrogen) atoms. The largest absolute Gasteiger partial charge is 0.416 e. The molecule has 1 aromatic rings. The van der Waals surface area contributed by atoms with Crippen LogP contribution in [0.15, 0.2) is 24.3 Å². The molecule has 2 rings (SSSR count). The van der Waals surface area contributed by atoms with Crippen LogP contribution in [0.25, 0.3) is 0 Å². The maximum Gasteiger partial charge on any atom is 0.416 e. The van der Waals surface area contributed by atoms with Crippen LogP contribution in [-0.2, 0) is 6.18 Å². The Morgan fingerprint density at radius 1 is 1.30 bits per heavy atom. The van der Waals surface area contributed by atoms with Crippen LogP contribution < -0.4 is 0 Å². The van der Waals surface area contributed by atoms with E-state index in [0.29, 0.717) is 18.2 Å². The molecule has 0 bridgehead atoms. The molecule has 0 spiro atoms. The number of aliphatic hydroxyl groups excluding tert-OH is 1. The number of rotatable bonds is 4. The van der Waals surface area contributed by atoms with E-state index in [1.54, 1.807) is 6.07 Å². The molecule has 1 atom stereocenters. The van der Waals surface area contributed by atoms with Crippen molar-refractivity contribution in [3.05, 3.63) is 35.4 Å². The molecule has 1 N–H and O–H groups in total. The molecule has 0 amide bonds. The van der Waals surface area contributed by atoms with Gasteiger partial charge in [0.05, 0.1) is 11.7 Å². The van der Waals surface area contributed by atoms with Gasteiger partial charge in [-0.3, -0.25) is 0 Å². The fraction of sp³-hybridized carbons (Fsp3) is 0.600. The van der Waals surface area contributed by atoms with Crippen molar-refractivity contribution >= 4 is 0 Å². The van der Waals surface area contributed by atoms with Crippen molar-refractivity contribution in [3.8, 4) is 0 Å². The van der Waals surface area contributed by atoms with E-state index in [2.05, 4.69) is 4.90 Å². The third-order valence-corrected chi connectivity index (χ3v) is 4.01. The quantitative estimate of drug-likeness (QED) is 0.914. The van der Waals surface area contributed by atoms with Crippen LogP contribution >= 0.6 is 0 Å². The summed E-state index contributed by atoms with van der Waals surface area (Å²) in [6, 6.07) is 5.39. The van der Waals surface area contributed by atoms with E-state index >= 15 is 0 Å². The molecule has 1 fully saturated rings. The van der Waals surface area contributed by atoms with E-state index in [1.165, 1.54) is 18.9 Å². The van der Waals surface area contributed by atoms with Gasteiger partial charge in [-0.05, 0) is 37.6 Å². The van der Waals surface area contributed by atoms with Crippen LogP contribution in [-0.4, -0.2) is 29.6 Å². The fourth-order valence-corrected chi connectivity index (χ4v) is 2.79. The zero-order chi connectivity index (χ0) is 14.8. The minimum Gasteiger partial charge on any atom is -0.387 e. The molecule has 0 aliphatic heterocycles. The highest BCUT2D eigenvalue weighted by molar-refractivity contribution is 5.27. The first-order valence-corrected chi connectivity index (χ1v) is 6.93. The number of halogens is 3. The number of nitrogens with zero attached hydrogens (tertiary/aromatic N) is 1. The molecule has 1 aromatic carbocycles. The minimum absolute atomic E-state index is 0.324. The zero-order valence-corrected chi connectivity index (χ0v) is 11.5. The number of aliphatic hydroxyl groups is 1. The third kappa shape index (κ3) is 3.73. The number of hydrogen-bond donors (Lipinski definition) is 1. The van der Waals surface area contributed by atoms with Crippen molar-refractivity contribution in [1.82, 2.24) is 4.90 Å². The average molecular weight is 287 g/mol. The van der Waals surface area contributed by atoms with Gasteiger partial charge in [0, 0.05) is 12.6 Å². The van der Waals surface area contributed by atoms with Gasteiger partial charge in [0.1, 0.15) is 0 Å². The Bertz CT molecular complexity index is 441. The van der Waals surface area contributed by atoms with E-state index in [1.807, 2.05) is 7.05 Å². The van der Waals surface area contributed by atoms with E-state index in [-0.39, 0.29) is 0 Å². The molecule has 1 aliphatic carbocycles. The molecule has 0 aromatic heterocycles. The van der Waals surface area contributed by atoms with E-state index in [0.717, 1.165) is 25.0 Å². The lowest BCUT2D eigenvalue weighted by Gasteiger charge is -2.26. The number of hydrogen-bond acceptors (Lipinski definition) is 2. The van der Waals surface area contributed by atoms with E-state index in [9.17, 15) is 18.3 Å². The summed E-state index contributed by atoms with van der Waals surface area (Å²) in [6.45, 7) is 0.367. The molecular formula is C15H20F3NO. The molecule has 112 valence electrons. The first-order chi connectivity index (χ1) is 9.38. The summed E-state index contributed by atoms with van der Waals surface area (Å²) in [5, 5.41) is 10.1. The molecule has 0 radical (unpaired) electrons. The summed E-state index contributed by atoms with van der Waals surface area (Å²) in [5.41, 5.74) is -0.387. The van der Waals surface area contributed by atoms with Crippen LogP contribution in [0.3, 0.4) is 0 Å². The van der Waals surface area contributed by atoms with Gasteiger partial charge in [-0.1, -0.05) is 25.0 Å². The number of alkyl halides is 3. The van der Waals surface area contributed by atoms with E-state index in [4.69, 9.17) is 0 Å². The second-order valence-corrected chi connectivity index (χ2v) is 5.52. The summed E-state index contributed by atoms with van der Waals surface area (Å²) >= 11 is 0. The van der Waals surface area contributed by atoms with Crippen molar-refractivity contribution in [3.63, 3.8) is 0 Å². The highest BCUT2D eigenvalue weighted by atomic mass is 19.4. The molecule has 2 nitrogen and oxygen atoms in total. The lowest BCUT2D eigenvalue weighted by Crippen LogP contribution is -2.33. The number of benzene rings is 1. The van der Waals surface area contributed by atoms with Crippen molar-refractivity contribution in [1.29, 1.82) is 0 Å². The van der Waals surface area contributed by atoms with Gasteiger partial charge in [-0.15, -0.1) is 0 Å².